The van der Waals surface area contributed by atoms with E-state index in [1.807, 2.05) is 13.0 Å². The molecule has 1 aliphatic carbocycles. The summed E-state index contributed by atoms with van der Waals surface area (Å²) in [6.45, 7) is 2.50. The van der Waals surface area contributed by atoms with Crippen LogP contribution in [-0.2, 0) is 14.9 Å². The molecule has 7 heteroatoms. The van der Waals surface area contributed by atoms with E-state index in [1.165, 1.54) is 0 Å². The predicted molar refractivity (Wildman–Crippen MR) is 79.7 cm³/mol. The zero-order valence-corrected chi connectivity index (χ0v) is 13.1. The Morgan fingerprint density at radius 1 is 1.26 bits per heavy atom. The second kappa shape index (κ2) is 4.04. The summed E-state index contributed by atoms with van der Waals surface area (Å²) in [5.74, 6) is -1.20. The third kappa shape index (κ3) is 1.16. The van der Waals surface area contributed by atoms with Gasteiger partial charge in [0.15, 0.2) is 10.8 Å². The monoisotopic (exact) mass is 329 g/mol. The number of halogens is 1. The molecule has 116 valence electrons. The number of ether oxygens (including phenoxy) is 2. The highest BCUT2D eigenvalue weighted by molar-refractivity contribution is 6.30. The van der Waals surface area contributed by atoms with E-state index >= 15 is 0 Å². The second-order valence-electron chi connectivity index (χ2n) is 6.21. The lowest BCUT2D eigenvalue weighted by atomic mass is 9.85. The molecule has 2 heterocycles. The van der Waals surface area contributed by atoms with Gasteiger partial charge in [0.25, 0.3) is 5.84 Å². The van der Waals surface area contributed by atoms with Gasteiger partial charge in [0.2, 0.25) is 0 Å². The largest absolute Gasteiger partial charge is 0.343 e. The molecule has 1 saturated carbocycles. The molecule has 0 unspecified atom stereocenters. The zero-order valence-electron chi connectivity index (χ0n) is 12.4. The van der Waals surface area contributed by atoms with Crippen molar-refractivity contribution in [1.29, 1.82) is 10.5 Å². The third-order valence-corrected chi connectivity index (χ3v) is 5.86. The first-order valence-corrected chi connectivity index (χ1v) is 7.61. The molecule has 2 aliphatic heterocycles. The summed E-state index contributed by atoms with van der Waals surface area (Å²) in [5.41, 5.74) is 3.51. The average molecular weight is 330 g/mol. The van der Waals surface area contributed by atoms with Crippen LogP contribution in [0.2, 0.25) is 5.02 Å². The Bertz CT molecular complexity index is 835. The minimum Gasteiger partial charge on any atom is -0.311 e. The van der Waals surface area contributed by atoms with E-state index in [4.69, 9.17) is 26.8 Å². The lowest BCUT2D eigenvalue weighted by Gasteiger charge is -2.27. The molecule has 0 aromatic heterocycles. The molecule has 3 N–H and O–H groups in total. The Morgan fingerprint density at radius 2 is 1.96 bits per heavy atom. The number of hydrogen-bond acceptors (Lipinski definition) is 5. The van der Waals surface area contributed by atoms with Crippen LogP contribution in [0.25, 0.3) is 0 Å². The molecule has 1 aromatic carbocycles. The Morgan fingerprint density at radius 3 is 2.52 bits per heavy atom. The lowest BCUT2D eigenvalue weighted by molar-refractivity contribution is -0.677. The van der Waals surface area contributed by atoms with Gasteiger partial charge in [-0.05, 0) is 17.7 Å². The molecule has 2 fully saturated rings. The van der Waals surface area contributed by atoms with Crippen molar-refractivity contribution < 1.29 is 14.5 Å². The van der Waals surface area contributed by atoms with Crippen LogP contribution in [-0.4, -0.2) is 25.0 Å². The van der Waals surface area contributed by atoms with Gasteiger partial charge in [-0.2, -0.15) is 10.5 Å². The lowest BCUT2D eigenvalue weighted by Crippen LogP contribution is -2.90. The number of nitrogens with two attached hydrogens (primary N) is 1. The Labute approximate surface area is 138 Å². The number of amidine groups is 1. The van der Waals surface area contributed by atoms with Gasteiger partial charge in [0, 0.05) is 5.02 Å². The molecule has 3 atom stereocenters. The van der Waals surface area contributed by atoms with E-state index in [0.717, 1.165) is 5.56 Å². The Balaban J connectivity index is 2.02. The van der Waals surface area contributed by atoms with E-state index in [-0.39, 0.29) is 5.84 Å². The molecule has 4 rings (SSSR count). The topological polar surface area (TPSA) is 106 Å². The summed E-state index contributed by atoms with van der Waals surface area (Å²) in [7, 11) is 0. The molecule has 3 aliphatic rings. The van der Waals surface area contributed by atoms with E-state index < -0.39 is 22.2 Å². The summed E-state index contributed by atoms with van der Waals surface area (Å²) < 4.78 is 11.5. The number of benzene rings is 1. The van der Waals surface area contributed by atoms with Crippen molar-refractivity contribution in [3.8, 4) is 12.1 Å². The molecule has 1 saturated heterocycles. The first-order valence-electron chi connectivity index (χ1n) is 7.23. The van der Waals surface area contributed by atoms with Crippen molar-refractivity contribution in [2.75, 3.05) is 13.2 Å². The van der Waals surface area contributed by atoms with Crippen molar-refractivity contribution in [2.45, 2.75) is 18.2 Å². The summed E-state index contributed by atoms with van der Waals surface area (Å²) in [6.07, 6.45) is 0. The van der Waals surface area contributed by atoms with Crippen molar-refractivity contribution in [3.05, 3.63) is 34.9 Å². The number of nitrogens with one attached hydrogen (secondary N) is 1. The van der Waals surface area contributed by atoms with E-state index in [2.05, 4.69) is 17.1 Å². The molecule has 6 nitrogen and oxygen atoms in total. The minimum absolute atomic E-state index is 0.200. The number of nitrogens with zero attached hydrogens (tertiary/aromatic N) is 2. The maximum Gasteiger partial charge on any atom is 0.343 e. The summed E-state index contributed by atoms with van der Waals surface area (Å²) >= 11 is 6.12. The molecule has 0 amide bonds. The SMILES string of the molecule is C[C@@]1(c2cccc(Cl)c2)[C@]2(C#N)C(N)=[NH+]C3(OCCO3)[C@@]21C#N. The summed E-state index contributed by atoms with van der Waals surface area (Å²) in [4.78, 5) is 2.92. The first-order chi connectivity index (χ1) is 11.0. The number of fused-ring (bicyclic) bond motifs is 2. The summed E-state index contributed by atoms with van der Waals surface area (Å²) in [6, 6.07) is 11.7. The van der Waals surface area contributed by atoms with Gasteiger partial charge in [-0.1, -0.05) is 30.7 Å². The van der Waals surface area contributed by atoms with Gasteiger partial charge in [-0.25, -0.2) is 4.99 Å². The highest BCUT2D eigenvalue weighted by atomic mass is 35.5. The molecule has 0 radical (unpaired) electrons. The molecule has 1 aromatic rings. The Hall–Kier alpha value is -2.12. The van der Waals surface area contributed by atoms with Crippen molar-refractivity contribution >= 4 is 17.4 Å². The van der Waals surface area contributed by atoms with Crippen LogP contribution in [0.5, 0.6) is 0 Å². The van der Waals surface area contributed by atoms with Crippen LogP contribution in [0, 0.1) is 33.5 Å². The van der Waals surface area contributed by atoms with Crippen LogP contribution in [0.4, 0.5) is 0 Å². The first kappa shape index (κ1) is 14.5. The van der Waals surface area contributed by atoms with E-state index in [0.29, 0.717) is 18.2 Å². The average Bonchev–Trinajstić information content (AvgIpc) is 2.82. The van der Waals surface area contributed by atoms with Crippen molar-refractivity contribution in [2.24, 2.45) is 16.6 Å². The maximum atomic E-state index is 10.1. The standard InChI is InChI=1S/C16H13ClN4O2/c1-13(10-3-2-4-11(17)7-10)14(8-18)12(20)21-16(15(13,14)9-19)22-5-6-23-16/h2-4,7H,5-6H2,1H3,(H2,20,21)/p+1/t13-,14+,15-/m1/s1. The van der Waals surface area contributed by atoms with Crippen molar-refractivity contribution in [3.63, 3.8) is 0 Å². The van der Waals surface area contributed by atoms with Crippen LogP contribution >= 0.6 is 11.6 Å². The van der Waals surface area contributed by atoms with Gasteiger partial charge in [0.05, 0.1) is 30.8 Å². The van der Waals surface area contributed by atoms with Crippen LogP contribution in [0.15, 0.2) is 24.3 Å². The third-order valence-electron chi connectivity index (χ3n) is 5.63. The molecule has 23 heavy (non-hydrogen) atoms. The van der Waals surface area contributed by atoms with Gasteiger partial charge in [-0.15, -0.1) is 0 Å². The smallest absolute Gasteiger partial charge is 0.311 e. The van der Waals surface area contributed by atoms with Gasteiger partial charge in [0.1, 0.15) is 0 Å². The molecular weight excluding hydrogens is 316 g/mol. The van der Waals surface area contributed by atoms with Gasteiger partial charge < -0.3 is 9.47 Å². The summed E-state index contributed by atoms with van der Waals surface area (Å²) in [5, 5.41) is 20.6. The molecule has 0 bridgehead atoms. The quantitative estimate of drug-likeness (QED) is 0.741. The van der Waals surface area contributed by atoms with Crippen LogP contribution < -0.4 is 10.7 Å². The van der Waals surface area contributed by atoms with Crippen LogP contribution in [0.1, 0.15) is 12.5 Å². The number of hydrogen-bond donors (Lipinski definition) is 2. The zero-order chi connectivity index (χ0) is 16.5. The van der Waals surface area contributed by atoms with Crippen LogP contribution in [0.3, 0.4) is 0 Å². The number of nitriles is 2. The second-order valence-corrected chi connectivity index (χ2v) is 6.65. The van der Waals surface area contributed by atoms with Gasteiger partial charge >= 0.3 is 5.91 Å². The fraction of sp³-hybridized carbons (Fsp3) is 0.438. The highest BCUT2D eigenvalue weighted by Gasteiger charge is 3.03. The number of rotatable bonds is 1. The van der Waals surface area contributed by atoms with E-state index in [9.17, 15) is 10.5 Å². The maximum absolute atomic E-state index is 10.1. The molecule has 1 spiro atoms. The molecular formula is C16H14ClN4O2+. The fourth-order valence-corrected chi connectivity index (χ4v) is 4.78. The minimum atomic E-state index is -1.40. The highest BCUT2D eigenvalue weighted by Crippen LogP contribution is 2.82. The normalized spacial score (nSPS) is 39.4. The predicted octanol–water partition coefficient (Wildman–Crippen LogP) is -0.217. The van der Waals surface area contributed by atoms with E-state index in [1.54, 1.807) is 18.2 Å². The van der Waals surface area contributed by atoms with Gasteiger partial charge in [-0.3, -0.25) is 5.73 Å². The Kier molecular flexibility index (Phi) is 2.54. The fourth-order valence-electron chi connectivity index (χ4n) is 4.59. The van der Waals surface area contributed by atoms with Crippen molar-refractivity contribution in [1.82, 2.24) is 0 Å².